The maximum Gasteiger partial charge on any atom is 0.338 e. The van der Waals surface area contributed by atoms with Crippen LogP contribution in [0, 0.1) is 0 Å². The van der Waals surface area contributed by atoms with Gasteiger partial charge in [-0.2, -0.15) is 12.6 Å². The molecule has 0 bridgehead atoms. The molecule has 0 radical (unpaired) electrons. The first-order valence-electron chi connectivity index (χ1n) is 6.08. The zero-order valence-electron chi connectivity index (χ0n) is 10.6. The standard InChI is InChI=1S/C13H16N2O3S/c1-2-18-13(17)8-3-4-10(14)11(5-8)15-7-9(19)6-12(15)16/h3-5,9,19H,2,6-7,14H2,1H3. The van der Waals surface area contributed by atoms with Gasteiger partial charge in [-0.1, -0.05) is 0 Å². The number of hydrogen-bond acceptors (Lipinski definition) is 5. The maximum atomic E-state index is 11.8. The molecule has 0 saturated carbocycles. The number of ether oxygens (including phenoxy) is 1. The predicted molar refractivity (Wildman–Crippen MR) is 76.6 cm³/mol. The molecule has 1 atom stereocenters. The van der Waals surface area contributed by atoms with E-state index < -0.39 is 5.97 Å². The lowest BCUT2D eigenvalue weighted by Gasteiger charge is -2.19. The van der Waals surface area contributed by atoms with Gasteiger partial charge in [-0.25, -0.2) is 4.79 Å². The minimum atomic E-state index is -0.419. The van der Waals surface area contributed by atoms with Crippen molar-refractivity contribution in [2.24, 2.45) is 0 Å². The second kappa shape index (κ2) is 5.52. The summed E-state index contributed by atoms with van der Waals surface area (Å²) < 4.78 is 4.94. The highest BCUT2D eigenvalue weighted by Gasteiger charge is 2.29. The van der Waals surface area contributed by atoms with E-state index in [0.717, 1.165) is 0 Å². The lowest BCUT2D eigenvalue weighted by molar-refractivity contribution is -0.117. The normalized spacial score (nSPS) is 18.7. The van der Waals surface area contributed by atoms with Crippen molar-refractivity contribution in [1.29, 1.82) is 0 Å². The fourth-order valence-electron chi connectivity index (χ4n) is 2.04. The van der Waals surface area contributed by atoms with Crippen molar-refractivity contribution in [3.8, 4) is 0 Å². The third kappa shape index (κ3) is 2.84. The molecule has 1 unspecified atom stereocenters. The van der Waals surface area contributed by atoms with Gasteiger partial charge in [-0.15, -0.1) is 0 Å². The number of anilines is 2. The van der Waals surface area contributed by atoms with Gasteiger partial charge in [-0.05, 0) is 25.1 Å². The van der Waals surface area contributed by atoms with Crippen molar-refractivity contribution in [2.45, 2.75) is 18.6 Å². The molecule has 0 aliphatic carbocycles. The first-order chi connectivity index (χ1) is 9.02. The van der Waals surface area contributed by atoms with Crippen LogP contribution in [0.4, 0.5) is 11.4 Å². The number of amides is 1. The van der Waals surface area contributed by atoms with Gasteiger partial charge in [0.1, 0.15) is 0 Å². The van der Waals surface area contributed by atoms with Crippen LogP contribution in [0.5, 0.6) is 0 Å². The quantitative estimate of drug-likeness (QED) is 0.500. The van der Waals surface area contributed by atoms with E-state index in [4.69, 9.17) is 10.5 Å². The van der Waals surface area contributed by atoms with Crippen LogP contribution >= 0.6 is 12.6 Å². The topological polar surface area (TPSA) is 72.6 Å². The second-order valence-electron chi connectivity index (χ2n) is 4.36. The third-order valence-electron chi connectivity index (χ3n) is 2.94. The molecular weight excluding hydrogens is 264 g/mol. The number of carbonyl (C=O) groups excluding carboxylic acids is 2. The van der Waals surface area contributed by atoms with Gasteiger partial charge < -0.3 is 15.4 Å². The van der Waals surface area contributed by atoms with Gasteiger partial charge in [0.05, 0.1) is 23.5 Å². The van der Waals surface area contributed by atoms with Crippen molar-refractivity contribution in [3.05, 3.63) is 23.8 Å². The van der Waals surface area contributed by atoms with Gasteiger partial charge >= 0.3 is 5.97 Å². The molecule has 6 heteroatoms. The molecule has 5 nitrogen and oxygen atoms in total. The molecule has 102 valence electrons. The Hall–Kier alpha value is -1.69. The van der Waals surface area contributed by atoms with Crippen LogP contribution in [0.1, 0.15) is 23.7 Å². The lowest BCUT2D eigenvalue weighted by Crippen LogP contribution is -2.26. The van der Waals surface area contributed by atoms with E-state index in [1.165, 1.54) is 0 Å². The van der Waals surface area contributed by atoms with E-state index in [-0.39, 0.29) is 11.2 Å². The average molecular weight is 280 g/mol. The van der Waals surface area contributed by atoms with E-state index in [9.17, 15) is 9.59 Å². The first kappa shape index (κ1) is 13.7. The molecule has 1 aromatic rings. The highest BCUT2D eigenvalue weighted by Crippen LogP contribution is 2.30. The van der Waals surface area contributed by atoms with Gasteiger partial charge in [-0.3, -0.25) is 4.79 Å². The van der Waals surface area contributed by atoms with Crippen LogP contribution in [0.15, 0.2) is 18.2 Å². The van der Waals surface area contributed by atoms with E-state index >= 15 is 0 Å². The summed E-state index contributed by atoms with van der Waals surface area (Å²) in [7, 11) is 0. The van der Waals surface area contributed by atoms with Gasteiger partial charge in [0, 0.05) is 18.2 Å². The Morgan fingerprint density at radius 3 is 2.89 bits per heavy atom. The fraction of sp³-hybridized carbons (Fsp3) is 0.385. The van der Waals surface area contributed by atoms with Crippen molar-refractivity contribution >= 4 is 35.9 Å². The Morgan fingerprint density at radius 1 is 1.58 bits per heavy atom. The predicted octanol–water partition coefficient (Wildman–Crippen LogP) is 1.48. The summed E-state index contributed by atoms with van der Waals surface area (Å²) in [4.78, 5) is 25.1. The molecule has 0 aromatic heterocycles. The number of nitrogen functional groups attached to an aromatic ring is 1. The minimum absolute atomic E-state index is 0.00171. The van der Waals surface area contributed by atoms with Crippen molar-refractivity contribution in [2.75, 3.05) is 23.8 Å². The number of carbonyl (C=O) groups is 2. The highest BCUT2D eigenvalue weighted by molar-refractivity contribution is 7.81. The number of hydrogen-bond donors (Lipinski definition) is 2. The summed E-state index contributed by atoms with van der Waals surface area (Å²) in [5, 5.41) is -0.00171. The Balaban J connectivity index is 2.32. The zero-order chi connectivity index (χ0) is 14.0. The van der Waals surface area contributed by atoms with Crippen molar-refractivity contribution in [1.82, 2.24) is 0 Å². The average Bonchev–Trinajstić information content (AvgIpc) is 2.69. The van der Waals surface area contributed by atoms with E-state index in [1.54, 1.807) is 30.0 Å². The summed E-state index contributed by atoms with van der Waals surface area (Å²) in [5.74, 6) is -0.453. The van der Waals surface area contributed by atoms with Crippen LogP contribution in [0.25, 0.3) is 0 Å². The lowest BCUT2D eigenvalue weighted by atomic mass is 10.1. The third-order valence-corrected chi connectivity index (χ3v) is 3.28. The van der Waals surface area contributed by atoms with Crippen LogP contribution in [0.3, 0.4) is 0 Å². The largest absolute Gasteiger partial charge is 0.462 e. The van der Waals surface area contributed by atoms with Gasteiger partial charge in [0.15, 0.2) is 0 Å². The molecule has 1 aliphatic rings. The molecule has 1 aliphatic heterocycles. The van der Waals surface area contributed by atoms with Crippen LogP contribution < -0.4 is 10.6 Å². The Morgan fingerprint density at radius 2 is 2.32 bits per heavy atom. The Kier molecular flexibility index (Phi) is 3.99. The van der Waals surface area contributed by atoms with Crippen LogP contribution in [0.2, 0.25) is 0 Å². The molecule has 1 fully saturated rings. The summed E-state index contributed by atoms with van der Waals surface area (Å²) in [6, 6.07) is 4.80. The summed E-state index contributed by atoms with van der Waals surface area (Å²) in [6.07, 6.45) is 0.381. The molecule has 1 amide bonds. The van der Waals surface area contributed by atoms with Crippen LogP contribution in [-0.4, -0.2) is 30.3 Å². The minimum Gasteiger partial charge on any atom is -0.462 e. The van der Waals surface area contributed by atoms with Crippen LogP contribution in [-0.2, 0) is 9.53 Å². The zero-order valence-corrected chi connectivity index (χ0v) is 11.5. The monoisotopic (exact) mass is 280 g/mol. The number of nitrogens with zero attached hydrogens (tertiary/aromatic N) is 1. The molecule has 1 saturated heterocycles. The van der Waals surface area contributed by atoms with Gasteiger partial charge in [0.2, 0.25) is 5.91 Å². The smallest absolute Gasteiger partial charge is 0.338 e. The number of thiol groups is 1. The van der Waals surface area contributed by atoms with Crippen molar-refractivity contribution < 1.29 is 14.3 Å². The van der Waals surface area contributed by atoms with Crippen molar-refractivity contribution in [3.63, 3.8) is 0 Å². The number of benzene rings is 1. The molecule has 2 N–H and O–H groups in total. The SMILES string of the molecule is CCOC(=O)c1ccc(N)c(N2CC(S)CC2=O)c1. The van der Waals surface area contributed by atoms with E-state index in [0.29, 0.717) is 36.5 Å². The Bertz CT molecular complexity index is 519. The molecule has 1 aromatic carbocycles. The number of nitrogens with two attached hydrogens (primary N) is 1. The molecule has 0 spiro atoms. The summed E-state index contributed by atoms with van der Waals surface area (Å²) in [5.41, 5.74) is 7.28. The summed E-state index contributed by atoms with van der Waals surface area (Å²) >= 11 is 4.30. The fourth-order valence-corrected chi connectivity index (χ4v) is 2.36. The van der Waals surface area contributed by atoms with E-state index in [1.807, 2.05) is 0 Å². The highest BCUT2D eigenvalue weighted by atomic mass is 32.1. The first-order valence-corrected chi connectivity index (χ1v) is 6.59. The number of rotatable bonds is 3. The number of esters is 1. The van der Waals surface area contributed by atoms with Gasteiger partial charge in [0.25, 0.3) is 0 Å². The Labute approximate surface area is 117 Å². The molecule has 2 rings (SSSR count). The maximum absolute atomic E-state index is 11.8. The van der Waals surface area contributed by atoms with E-state index in [2.05, 4.69) is 12.6 Å². The molecule has 1 heterocycles. The molecule has 19 heavy (non-hydrogen) atoms. The summed E-state index contributed by atoms with van der Waals surface area (Å²) in [6.45, 7) is 2.55. The second-order valence-corrected chi connectivity index (χ2v) is 5.09. The molecular formula is C13H16N2O3S.